The first kappa shape index (κ1) is 9.74. The largest absolute Gasteiger partial charge is 0.396 e. The molecule has 0 saturated carbocycles. The van der Waals surface area contributed by atoms with Crippen LogP contribution in [-0.4, -0.2) is 16.7 Å². The third-order valence-corrected chi connectivity index (χ3v) is 2.94. The highest BCUT2D eigenvalue weighted by molar-refractivity contribution is 9.10. The zero-order valence-corrected chi connectivity index (χ0v) is 9.56. The molecule has 0 unspecified atom stereocenters. The van der Waals surface area contributed by atoms with Gasteiger partial charge in [-0.1, -0.05) is 22.0 Å². The third kappa shape index (κ3) is 1.57. The summed E-state index contributed by atoms with van der Waals surface area (Å²) in [5.74, 6) is 0. The fourth-order valence-corrected chi connectivity index (χ4v) is 2.16. The number of aryl methyl sites for hydroxylation is 1. The maximum atomic E-state index is 8.95. The van der Waals surface area contributed by atoms with E-state index in [0.717, 1.165) is 15.7 Å². The number of aromatic amines is 1. The van der Waals surface area contributed by atoms with Crippen molar-refractivity contribution in [3.63, 3.8) is 0 Å². The summed E-state index contributed by atoms with van der Waals surface area (Å²) in [6.07, 6.45) is 0.716. The highest BCUT2D eigenvalue weighted by Gasteiger charge is 2.07. The van der Waals surface area contributed by atoms with Crippen LogP contribution in [0.3, 0.4) is 0 Å². The molecule has 2 aromatic rings. The van der Waals surface area contributed by atoms with Crippen molar-refractivity contribution in [2.45, 2.75) is 13.3 Å². The number of fused-ring (bicyclic) bond motifs is 1. The van der Waals surface area contributed by atoms with Gasteiger partial charge in [0.2, 0.25) is 0 Å². The number of halogens is 1. The molecule has 0 radical (unpaired) electrons. The topological polar surface area (TPSA) is 36.0 Å². The van der Waals surface area contributed by atoms with Crippen molar-refractivity contribution in [3.8, 4) is 0 Å². The van der Waals surface area contributed by atoms with Gasteiger partial charge in [-0.25, -0.2) is 0 Å². The fourth-order valence-electron chi connectivity index (χ4n) is 1.80. The Morgan fingerprint density at radius 2 is 2.21 bits per heavy atom. The molecule has 2 N–H and O–H groups in total. The summed E-state index contributed by atoms with van der Waals surface area (Å²) >= 11 is 3.44. The SMILES string of the molecule is Cc1[nH]c2cc(Br)ccc2c1CCO. The van der Waals surface area contributed by atoms with Crippen molar-refractivity contribution in [1.29, 1.82) is 0 Å². The predicted molar refractivity (Wildman–Crippen MR) is 61.5 cm³/mol. The minimum Gasteiger partial charge on any atom is -0.396 e. The molecule has 1 aromatic carbocycles. The summed E-state index contributed by atoms with van der Waals surface area (Å²) in [5.41, 5.74) is 3.49. The van der Waals surface area contributed by atoms with Gasteiger partial charge in [-0.05, 0) is 31.0 Å². The van der Waals surface area contributed by atoms with Crippen LogP contribution >= 0.6 is 15.9 Å². The Morgan fingerprint density at radius 1 is 1.43 bits per heavy atom. The second kappa shape index (κ2) is 3.75. The van der Waals surface area contributed by atoms with Crippen molar-refractivity contribution in [1.82, 2.24) is 4.98 Å². The van der Waals surface area contributed by atoms with Gasteiger partial charge < -0.3 is 10.1 Å². The first-order chi connectivity index (χ1) is 6.72. The Bertz CT molecular complexity index is 462. The average molecular weight is 254 g/mol. The molecule has 3 heteroatoms. The highest BCUT2D eigenvalue weighted by Crippen LogP contribution is 2.25. The molecular weight excluding hydrogens is 242 g/mol. The molecule has 2 nitrogen and oxygen atoms in total. The summed E-state index contributed by atoms with van der Waals surface area (Å²) in [6, 6.07) is 6.16. The molecule has 0 aliphatic rings. The number of hydrogen-bond donors (Lipinski definition) is 2. The Hall–Kier alpha value is -0.800. The van der Waals surface area contributed by atoms with Gasteiger partial charge in [0.05, 0.1) is 0 Å². The second-order valence-electron chi connectivity index (χ2n) is 3.39. The first-order valence-electron chi connectivity index (χ1n) is 4.60. The standard InChI is InChI=1S/C11H12BrNO/c1-7-9(4-5-14)10-3-2-8(12)6-11(10)13-7/h2-3,6,13-14H,4-5H2,1H3. The van der Waals surface area contributed by atoms with E-state index in [2.05, 4.69) is 33.0 Å². The Balaban J connectivity index is 2.64. The van der Waals surface area contributed by atoms with Gasteiger partial charge in [-0.3, -0.25) is 0 Å². The van der Waals surface area contributed by atoms with Crippen molar-refractivity contribution in [3.05, 3.63) is 33.9 Å². The van der Waals surface area contributed by atoms with Crippen LogP contribution in [0.1, 0.15) is 11.3 Å². The maximum Gasteiger partial charge on any atom is 0.0472 e. The van der Waals surface area contributed by atoms with Crippen LogP contribution < -0.4 is 0 Å². The third-order valence-electron chi connectivity index (χ3n) is 2.44. The normalized spacial score (nSPS) is 11.1. The number of nitrogens with one attached hydrogen (secondary N) is 1. The molecule has 0 aliphatic heterocycles. The summed E-state index contributed by atoms with van der Waals surface area (Å²) in [5, 5.41) is 10.2. The Labute approximate surface area is 91.1 Å². The van der Waals surface area contributed by atoms with E-state index in [1.165, 1.54) is 10.9 Å². The Morgan fingerprint density at radius 3 is 2.93 bits per heavy atom. The van der Waals surface area contributed by atoms with Crippen LogP contribution in [-0.2, 0) is 6.42 Å². The van der Waals surface area contributed by atoms with Gasteiger partial charge >= 0.3 is 0 Å². The monoisotopic (exact) mass is 253 g/mol. The van der Waals surface area contributed by atoms with E-state index < -0.39 is 0 Å². The van der Waals surface area contributed by atoms with E-state index in [9.17, 15) is 0 Å². The molecule has 0 spiro atoms. The lowest BCUT2D eigenvalue weighted by Crippen LogP contribution is -1.91. The molecule has 0 bridgehead atoms. The first-order valence-corrected chi connectivity index (χ1v) is 5.39. The molecule has 0 aliphatic carbocycles. The second-order valence-corrected chi connectivity index (χ2v) is 4.31. The van der Waals surface area contributed by atoms with Gasteiger partial charge in [0.15, 0.2) is 0 Å². The molecule has 0 atom stereocenters. The molecule has 0 fully saturated rings. The quantitative estimate of drug-likeness (QED) is 0.849. The van der Waals surface area contributed by atoms with Crippen molar-refractivity contribution in [2.24, 2.45) is 0 Å². The fraction of sp³-hybridized carbons (Fsp3) is 0.273. The number of H-pyrrole nitrogens is 1. The van der Waals surface area contributed by atoms with E-state index >= 15 is 0 Å². The number of aliphatic hydroxyl groups is 1. The van der Waals surface area contributed by atoms with E-state index in [1.807, 2.05) is 13.0 Å². The molecule has 74 valence electrons. The zero-order valence-electron chi connectivity index (χ0n) is 7.97. The van der Waals surface area contributed by atoms with Gasteiger partial charge in [0, 0.05) is 27.7 Å². The van der Waals surface area contributed by atoms with Crippen LogP contribution in [0.25, 0.3) is 10.9 Å². The van der Waals surface area contributed by atoms with Crippen molar-refractivity contribution in [2.75, 3.05) is 6.61 Å². The van der Waals surface area contributed by atoms with Gasteiger partial charge in [0.1, 0.15) is 0 Å². The van der Waals surface area contributed by atoms with Gasteiger partial charge in [-0.2, -0.15) is 0 Å². The van der Waals surface area contributed by atoms with Gasteiger partial charge in [-0.15, -0.1) is 0 Å². The highest BCUT2D eigenvalue weighted by atomic mass is 79.9. The van der Waals surface area contributed by atoms with Crippen molar-refractivity contribution < 1.29 is 5.11 Å². The van der Waals surface area contributed by atoms with Gasteiger partial charge in [0.25, 0.3) is 0 Å². The van der Waals surface area contributed by atoms with Crippen LogP contribution in [0.15, 0.2) is 22.7 Å². The Kier molecular flexibility index (Phi) is 2.61. The van der Waals surface area contributed by atoms with Crippen LogP contribution in [0, 0.1) is 6.92 Å². The minimum atomic E-state index is 0.198. The smallest absolute Gasteiger partial charge is 0.0472 e. The van der Waals surface area contributed by atoms with E-state index in [-0.39, 0.29) is 6.61 Å². The summed E-state index contributed by atoms with van der Waals surface area (Å²) in [6.45, 7) is 2.24. The molecule has 0 amide bonds. The molecule has 2 rings (SSSR count). The number of benzene rings is 1. The van der Waals surface area contributed by atoms with E-state index in [1.54, 1.807) is 0 Å². The number of hydrogen-bond acceptors (Lipinski definition) is 1. The lowest BCUT2D eigenvalue weighted by atomic mass is 10.1. The van der Waals surface area contributed by atoms with Crippen LogP contribution in [0.5, 0.6) is 0 Å². The average Bonchev–Trinajstić information content (AvgIpc) is 2.43. The molecule has 0 saturated heterocycles. The summed E-state index contributed by atoms with van der Waals surface area (Å²) in [7, 11) is 0. The minimum absolute atomic E-state index is 0.198. The summed E-state index contributed by atoms with van der Waals surface area (Å²) in [4.78, 5) is 3.31. The zero-order chi connectivity index (χ0) is 10.1. The van der Waals surface area contributed by atoms with E-state index in [0.29, 0.717) is 6.42 Å². The van der Waals surface area contributed by atoms with Crippen molar-refractivity contribution >= 4 is 26.8 Å². The number of aromatic nitrogens is 1. The summed E-state index contributed by atoms with van der Waals surface area (Å²) < 4.78 is 1.07. The van der Waals surface area contributed by atoms with E-state index in [4.69, 9.17) is 5.11 Å². The van der Waals surface area contributed by atoms with Crippen LogP contribution in [0.4, 0.5) is 0 Å². The van der Waals surface area contributed by atoms with Crippen LogP contribution in [0.2, 0.25) is 0 Å². The molecule has 1 heterocycles. The number of rotatable bonds is 2. The lowest BCUT2D eigenvalue weighted by Gasteiger charge is -1.97. The number of aliphatic hydroxyl groups excluding tert-OH is 1. The molecule has 14 heavy (non-hydrogen) atoms. The maximum absolute atomic E-state index is 8.95. The molecule has 1 aromatic heterocycles. The lowest BCUT2D eigenvalue weighted by molar-refractivity contribution is 0.300. The predicted octanol–water partition coefficient (Wildman–Crippen LogP) is 2.77. The molecular formula is C11H12BrNO.